The number of carbonyl (C=O) groups excluding carboxylic acids is 1. The van der Waals surface area contributed by atoms with Crippen LogP contribution >= 0.6 is 0 Å². The van der Waals surface area contributed by atoms with Crippen LogP contribution in [0.2, 0.25) is 0 Å². The molecule has 1 rings (SSSR count). The third-order valence-electron chi connectivity index (χ3n) is 2.65. The second-order valence-electron chi connectivity index (χ2n) is 4.13. The Hall–Kier alpha value is -1.86. The fourth-order valence-electron chi connectivity index (χ4n) is 1.49. The Morgan fingerprint density at radius 3 is 2.05 bits per heavy atom. The summed E-state index contributed by atoms with van der Waals surface area (Å²) in [5.41, 5.74) is 6.26. The van der Waals surface area contributed by atoms with Crippen LogP contribution in [-0.4, -0.2) is 29.5 Å². The number of benzene rings is 1. The maximum atomic E-state index is 13.0. The number of hydrogen-bond acceptors (Lipinski definition) is 2. The lowest BCUT2D eigenvalue weighted by Crippen LogP contribution is -2.51. The topological polar surface area (TPSA) is 46.3 Å². The van der Waals surface area contributed by atoms with Gasteiger partial charge in [-0.2, -0.15) is 22.0 Å². The molecule has 0 saturated heterocycles. The maximum Gasteiger partial charge on any atom is 0.463 e. The molecule has 1 amide bonds. The van der Waals surface area contributed by atoms with Gasteiger partial charge in [-0.05, 0) is 24.6 Å². The number of rotatable bonds is 4. The summed E-state index contributed by atoms with van der Waals surface area (Å²) in [7, 11) is 0. The summed E-state index contributed by atoms with van der Waals surface area (Å²) in [6, 6.07) is 5.85. The highest BCUT2D eigenvalue weighted by molar-refractivity contribution is 5.84. The van der Waals surface area contributed by atoms with Crippen molar-refractivity contribution in [1.82, 2.24) is 4.90 Å². The van der Waals surface area contributed by atoms with Gasteiger partial charge in [-0.1, -0.05) is 12.1 Å². The van der Waals surface area contributed by atoms with E-state index >= 15 is 0 Å². The molecule has 2 N–H and O–H groups in total. The molecule has 0 heterocycles. The van der Waals surface area contributed by atoms with E-state index in [9.17, 15) is 26.7 Å². The number of alkyl halides is 5. The van der Waals surface area contributed by atoms with E-state index in [0.29, 0.717) is 16.2 Å². The van der Waals surface area contributed by atoms with E-state index in [2.05, 4.69) is 0 Å². The van der Waals surface area contributed by atoms with Crippen molar-refractivity contribution >= 4 is 11.6 Å². The maximum absolute atomic E-state index is 13.0. The fraction of sp³-hybridized carbons (Fsp3) is 0.417. The molecule has 0 unspecified atom stereocenters. The molecule has 3 nitrogen and oxygen atoms in total. The van der Waals surface area contributed by atoms with Crippen LogP contribution in [0.15, 0.2) is 24.3 Å². The Bertz CT molecular complexity index is 470. The first-order valence-electron chi connectivity index (χ1n) is 5.68. The van der Waals surface area contributed by atoms with Crippen LogP contribution < -0.4 is 5.73 Å². The molecule has 20 heavy (non-hydrogen) atoms. The van der Waals surface area contributed by atoms with Gasteiger partial charge in [-0.3, -0.25) is 4.79 Å². The van der Waals surface area contributed by atoms with Gasteiger partial charge in [0.05, 0.1) is 0 Å². The van der Waals surface area contributed by atoms with Crippen molar-refractivity contribution in [3.8, 4) is 0 Å². The third-order valence-corrected chi connectivity index (χ3v) is 2.65. The molecule has 0 saturated carbocycles. The van der Waals surface area contributed by atoms with E-state index in [-0.39, 0.29) is 13.1 Å². The summed E-state index contributed by atoms with van der Waals surface area (Å²) in [5, 5.41) is 0. The summed E-state index contributed by atoms with van der Waals surface area (Å²) in [6.07, 6.45) is -5.90. The van der Waals surface area contributed by atoms with Gasteiger partial charge in [0, 0.05) is 18.8 Å². The Kier molecular flexibility index (Phi) is 4.57. The van der Waals surface area contributed by atoms with Gasteiger partial charge in [-0.15, -0.1) is 0 Å². The van der Waals surface area contributed by atoms with E-state index in [1.54, 1.807) is 0 Å². The van der Waals surface area contributed by atoms with Gasteiger partial charge in [0.25, 0.3) is 0 Å². The molecule has 0 aliphatic rings. The largest absolute Gasteiger partial charge is 0.463 e. The second kappa shape index (κ2) is 5.64. The summed E-state index contributed by atoms with van der Waals surface area (Å²) < 4.78 is 62.5. The molecule has 0 aliphatic carbocycles. The molecular formula is C12H13F5N2O. The summed E-state index contributed by atoms with van der Waals surface area (Å²) in [5.74, 6) is -7.65. The molecular weight excluding hydrogens is 283 g/mol. The van der Waals surface area contributed by atoms with Crippen LogP contribution in [0.1, 0.15) is 12.5 Å². The van der Waals surface area contributed by atoms with Crippen LogP contribution in [0.25, 0.3) is 0 Å². The lowest BCUT2D eigenvalue weighted by Gasteiger charge is -2.27. The first-order valence-corrected chi connectivity index (χ1v) is 5.68. The number of halogens is 5. The number of anilines is 1. The molecule has 0 bridgehead atoms. The molecule has 1 aromatic rings. The zero-order valence-electron chi connectivity index (χ0n) is 10.5. The monoisotopic (exact) mass is 296 g/mol. The SMILES string of the molecule is CCN(Cc1ccc(N)cc1)C(=O)C(F)(F)C(F)(F)F. The minimum Gasteiger partial charge on any atom is -0.399 e. The van der Waals surface area contributed by atoms with Crippen molar-refractivity contribution in [2.45, 2.75) is 25.6 Å². The molecule has 0 radical (unpaired) electrons. The summed E-state index contributed by atoms with van der Waals surface area (Å²) in [6.45, 7) is 0.706. The van der Waals surface area contributed by atoms with Gasteiger partial charge >= 0.3 is 18.0 Å². The molecule has 8 heteroatoms. The number of carbonyl (C=O) groups is 1. The van der Waals surface area contributed by atoms with Crippen LogP contribution in [-0.2, 0) is 11.3 Å². The summed E-state index contributed by atoms with van der Waals surface area (Å²) >= 11 is 0. The zero-order valence-corrected chi connectivity index (χ0v) is 10.5. The van der Waals surface area contributed by atoms with Crippen molar-refractivity contribution in [3.63, 3.8) is 0 Å². The zero-order chi connectivity index (χ0) is 15.6. The third kappa shape index (κ3) is 3.37. The van der Waals surface area contributed by atoms with E-state index in [1.807, 2.05) is 0 Å². The van der Waals surface area contributed by atoms with Gasteiger partial charge in [0.15, 0.2) is 0 Å². The van der Waals surface area contributed by atoms with Crippen LogP contribution in [0.3, 0.4) is 0 Å². The Balaban J connectivity index is 2.91. The molecule has 0 aromatic heterocycles. The average molecular weight is 296 g/mol. The highest BCUT2D eigenvalue weighted by Gasteiger charge is 2.64. The molecule has 0 aliphatic heterocycles. The normalized spacial score (nSPS) is 12.3. The lowest BCUT2D eigenvalue weighted by molar-refractivity contribution is -0.274. The number of amides is 1. The van der Waals surface area contributed by atoms with Crippen molar-refractivity contribution < 1.29 is 26.7 Å². The lowest BCUT2D eigenvalue weighted by atomic mass is 10.1. The highest BCUT2D eigenvalue weighted by Crippen LogP contribution is 2.37. The number of nitrogens with zero attached hydrogens (tertiary/aromatic N) is 1. The van der Waals surface area contributed by atoms with Crippen LogP contribution in [0.4, 0.5) is 27.6 Å². The minimum atomic E-state index is -5.90. The highest BCUT2D eigenvalue weighted by atomic mass is 19.4. The Morgan fingerprint density at radius 1 is 1.15 bits per heavy atom. The molecule has 0 atom stereocenters. The second-order valence-corrected chi connectivity index (χ2v) is 4.13. The van der Waals surface area contributed by atoms with Gasteiger partial charge < -0.3 is 10.6 Å². The van der Waals surface area contributed by atoms with Crippen molar-refractivity contribution in [1.29, 1.82) is 0 Å². The number of nitrogen functional groups attached to an aromatic ring is 1. The van der Waals surface area contributed by atoms with E-state index in [1.165, 1.54) is 31.2 Å². The van der Waals surface area contributed by atoms with Crippen molar-refractivity contribution in [2.75, 3.05) is 12.3 Å². The van der Waals surface area contributed by atoms with E-state index < -0.39 is 18.0 Å². The average Bonchev–Trinajstić information content (AvgIpc) is 2.36. The van der Waals surface area contributed by atoms with Crippen LogP contribution in [0.5, 0.6) is 0 Å². The van der Waals surface area contributed by atoms with E-state index in [4.69, 9.17) is 5.73 Å². The van der Waals surface area contributed by atoms with Gasteiger partial charge in [0.2, 0.25) is 0 Å². The first-order chi connectivity index (χ1) is 9.09. The quantitative estimate of drug-likeness (QED) is 0.686. The molecule has 0 spiro atoms. The first kappa shape index (κ1) is 16.2. The molecule has 0 fully saturated rings. The minimum absolute atomic E-state index is 0.269. The number of hydrogen-bond donors (Lipinski definition) is 1. The van der Waals surface area contributed by atoms with E-state index in [0.717, 1.165) is 0 Å². The van der Waals surface area contributed by atoms with Gasteiger partial charge in [0.1, 0.15) is 0 Å². The fourth-order valence-corrected chi connectivity index (χ4v) is 1.49. The Labute approximate surface area is 112 Å². The predicted molar refractivity (Wildman–Crippen MR) is 62.9 cm³/mol. The number of nitrogens with two attached hydrogens (primary N) is 1. The standard InChI is InChI=1S/C12H13F5N2O/c1-2-19(7-8-3-5-9(18)6-4-8)10(20)11(13,14)12(15,16)17/h3-6H,2,7,18H2,1H3. The van der Waals surface area contributed by atoms with Crippen LogP contribution in [0, 0.1) is 0 Å². The smallest absolute Gasteiger partial charge is 0.399 e. The molecule has 112 valence electrons. The van der Waals surface area contributed by atoms with Crippen molar-refractivity contribution in [3.05, 3.63) is 29.8 Å². The Morgan fingerprint density at radius 2 is 1.65 bits per heavy atom. The predicted octanol–water partition coefficient (Wildman–Crippen LogP) is 2.81. The molecule has 1 aromatic carbocycles. The van der Waals surface area contributed by atoms with Crippen molar-refractivity contribution in [2.24, 2.45) is 0 Å². The summed E-state index contributed by atoms with van der Waals surface area (Å²) in [4.78, 5) is 11.8. The van der Waals surface area contributed by atoms with Gasteiger partial charge in [-0.25, -0.2) is 0 Å².